The summed E-state index contributed by atoms with van der Waals surface area (Å²) in [6.07, 6.45) is 11.9. The van der Waals surface area contributed by atoms with E-state index in [0.717, 1.165) is 13.0 Å². The first-order valence-corrected chi connectivity index (χ1v) is 6.50. The molecule has 0 aliphatic rings. The van der Waals surface area contributed by atoms with Gasteiger partial charge >= 0.3 is 5.97 Å². The predicted molar refractivity (Wildman–Crippen MR) is 67.2 cm³/mol. The Bertz CT molecular complexity index is 334. The van der Waals surface area contributed by atoms with Gasteiger partial charge in [-0.05, 0) is 6.42 Å². The van der Waals surface area contributed by atoms with Crippen molar-refractivity contribution in [2.45, 2.75) is 58.4 Å². The Kier molecular flexibility index (Phi) is 6.37. The summed E-state index contributed by atoms with van der Waals surface area (Å²) in [5, 5.41) is 8.87. The van der Waals surface area contributed by atoms with E-state index in [-0.39, 0.29) is 5.82 Å². The number of hydrogen-bond acceptors (Lipinski definition) is 2. The number of rotatable bonds is 9. The van der Waals surface area contributed by atoms with Gasteiger partial charge in [-0.15, -0.1) is 0 Å². The lowest BCUT2D eigenvalue weighted by atomic mass is 10.1. The van der Waals surface area contributed by atoms with Crippen LogP contribution in [0.4, 0.5) is 0 Å². The van der Waals surface area contributed by atoms with E-state index in [0.29, 0.717) is 0 Å². The molecule has 0 fully saturated rings. The summed E-state index contributed by atoms with van der Waals surface area (Å²) in [6, 6.07) is 0. The molecule has 96 valence electrons. The normalized spacial score (nSPS) is 10.6. The summed E-state index contributed by atoms with van der Waals surface area (Å²) in [6.45, 7) is 2.97. The number of aryl methyl sites for hydroxylation is 1. The number of hydrogen-bond donors (Lipinski definition) is 1. The van der Waals surface area contributed by atoms with Crippen LogP contribution in [0, 0.1) is 0 Å². The molecule has 0 spiro atoms. The monoisotopic (exact) mass is 238 g/mol. The molecule has 0 aliphatic carbocycles. The van der Waals surface area contributed by atoms with Crippen molar-refractivity contribution in [3.05, 3.63) is 18.2 Å². The Balaban J connectivity index is 2.14. The highest BCUT2D eigenvalue weighted by molar-refractivity contribution is 5.83. The van der Waals surface area contributed by atoms with E-state index in [1.165, 1.54) is 38.5 Å². The van der Waals surface area contributed by atoms with Gasteiger partial charge in [0.15, 0.2) is 0 Å². The molecule has 0 aromatic carbocycles. The van der Waals surface area contributed by atoms with Crippen LogP contribution >= 0.6 is 0 Å². The highest BCUT2D eigenvalue weighted by Gasteiger charge is 2.09. The van der Waals surface area contributed by atoms with Crippen molar-refractivity contribution in [3.63, 3.8) is 0 Å². The van der Waals surface area contributed by atoms with Gasteiger partial charge in [0.1, 0.15) is 0 Å². The molecular weight excluding hydrogens is 216 g/mol. The second-order valence-corrected chi connectivity index (χ2v) is 4.37. The molecule has 0 radical (unpaired) electrons. The molecule has 1 aromatic heterocycles. The third-order valence-electron chi connectivity index (χ3n) is 2.91. The zero-order valence-electron chi connectivity index (χ0n) is 10.6. The average Bonchev–Trinajstić information content (AvgIpc) is 2.76. The van der Waals surface area contributed by atoms with Crippen LogP contribution in [0.1, 0.15) is 62.5 Å². The largest absolute Gasteiger partial charge is 0.475 e. The first-order valence-electron chi connectivity index (χ1n) is 6.50. The standard InChI is InChI=1S/C13H22N2O2/c1-2-3-4-5-6-7-8-10-15-11-9-14-12(15)13(16)17/h9,11H,2-8,10H2,1H3,(H,16,17). The van der Waals surface area contributed by atoms with Gasteiger partial charge in [0.25, 0.3) is 0 Å². The van der Waals surface area contributed by atoms with Gasteiger partial charge in [0, 0.05) is 18.9 Å². The predicted octanol–water partition coefficient (Wildman–Crippen LogP) is 3.33. The molecule has 0 unspecified atom stereocenters. The lowest BCUT2D eigenvalue weighted by Crippen LogP contribution is -2.09. The summed E-state index contributed by atoms with van der Waals surface area (Å²) < 4.78 is 1.72. The second-order valence-electron chi connectivity index (χ2n) is 4.37. The molecule has 0 aliphatic heterocycles. The average molecular weight is 238 g/mol. The molecular formula is C13H22N2O2. The van der Waals surface area contributed by atoms with Gasteiger partial charge in [-0.1, -0.05) is 45.4 Å². The van der Waals surface area contributed by atoms with Gasteiger partial charge < -0.3 is 9.67 Å². The minimum absolute atomic E-state index is 0.149. The Hall–Kier alpha value is -1.32. The van der Waals surface area contributed by atoms with Gasteiger partial charge in [-0.2, -0.15) is 0 Å². The number of aromatic nitrogens is 2. The SMILES string of the molecule is CCCCCCCCCn1ccnc1C(=O)O. The molecule has 17 heavy (non-hydrogen) atoms. The maximum atomic E-state index is 10.8. The molecule has 0 atom stereocenters. The number of aromatic carboxylic acids is 1. The zero-order valence-corrected chi connectivity index (χ0v) is 10.6. The Morgan fingerprint density at radius 1 is 1.24 bits per heavy atom. The molecule has 0 saturated carbocycles. The van der Waals surface area contributed by atoms with E-state index >= 15 is 0 Å². The molecule has 1 aromatic rings. The second kappa shape index (κ2) is 7.87. The summed E-state index contributed by atoms with van der Waals surface area (Å²) in [5.41, 5.74) is 0. The summed E-state index contributed by atoms with van der Waals surface area (Å²) in [5.74, 6) is -0.797. The van der Waals surface area contributed by atoms with Crippen molar-refractivity contribution in [2.24, 2.45) is 0 Å². The van der Waals surface area contributed by atoms with Gasteiger partial charge in [-0.25, -0.2) is 9.78 Å². The minimum Gasteiger partial charge on any atom is -0.475 e. The Labute approximate surface area is 103 Å². The fourth-order valence-corrected chi connectivity index (χ4v) is 1.93. The number of imidazole rings is 1. The van der Waals surface area contributed by atoms with Crippen LogP contribution in [-0.2, 0) is 6.54 Å². The summed E-state index contributed by atoms with van der Waals surface area (Å²) in [7, 11) is 0. The number of nitrogens with zero attached hydrogens (tertiary/aromatic N) is 2. The maximum Gasteiger partial charge on any atom is 0.372 e. The lowest BCUT2D eigenvalue weighted by molar-refractivity contribution is 0.0678. The van der Waals surface area contributed by atoms with Gasteiger partial charge in [-0.3, -0.25) is 0 Å². The van der Waals surface area contributed by atoms with Crippen molar-refractivity contribution >= 4 is 5.97 Å². The topological polar surface area (TPSA) is 55.1 Å². The van der Waals surface area contributed by atoms with E-state index in [1.807, 2.05) is 0 Å². The molecule has 4 heteroatoms. The van der Waals surface area contributed by atoms with Crippen LogP contribution in [0.25, 0.3) is 0 Å². The summed E-state index contributed by atoms with van der Waals surface area (Å²) >= 11 is 0. The smallest absolute Gasteiger partial charge is 0.372 e. The highest BCUT2D eigenvalue weighted by atomic mass is 16.4. The van der Waals surface area contributed by atoms with Crippen molar-refractivity contribution in [1.82, 2.24) is 9.55 Å². The quantitative estimate of drug-likeness (QED) is 0.671. The van der Waals surface area contributed by atoms with E-state index in [1.54, 1.807) is 17.0 Å². The van der Waals surface area contributed by atoms with E-state index < -0.39 is 5.97 Å². The van der Waals surface area contributed by atoms with Gasteiger partial charge in [0.2, 0.25) is 5.82 Å². The van der Waals surface area contributed by atoms with E-state index in [9.17, 15) is 4.79 Å². The van der Waals surface area contributed by atoms with Crippen LogP contribution in [0.2, 0.25) is 0 Å². The van der Waals surface area contributed by atoms with Gasteiger partial charge in [0.05, 0.1) is 0 Å². The lowest BCUT2D eigenvalue weighted by Gasteiger charge is -2.04. The number of carbonyl (C=O) groups is 1. The molecule has 1 rings (SSSR count). The van der Waals surface area contributed by atoms with Crippen LogP contribution in [0.5, 0.6) is 0 Å². The molecule has 4 nitrogen and oxygen atoms in total. The number of carboxylic acids is 1. The minimum atomic E-state index is -0.946. The van der Waals surface area contributed by atoms with E-state index in [4.69, 9.17) is 5.11 Å². The Morgan fingerprint density at radius 3 is 2.53 bits per heavy atom. The Morgan fingerprint density at radius 2 is 1.88 bits per heavy atom. The van der Waals surface area contributed by atoms with E-state index in [2.05, 4.69) is 11.9 Å². The number of unbranched alkanes of at least 4 members (excludes halogenated alkanes) is 6. The van der Waals surface area contributed by atoms with Crippen LogP contribution in [0.15, 0.2) is 12.4 Å². The molecule has 1 heterocycles. The van der Waals surface area contributed by atoms with Crippen molar-refractivity contribution in [2.75, 3.05) is 0 Å². The number of carboxylic acid groups (broad SMARTS) is 1. The fourth-order valence-electron chi connectivity index (χ4n) is 1.93. The van der Waals surface area contributed by atoms with Crippen molar-refractivity contribution < 1.29 is 9.90 Å². The molecule has 0 amide bonds. The van der Waals surface area contributed by atoms with Crippen molar-refractivity contribution in [3.8, 4) is 0 Å². The first kappa shape index (κ1) is 13.7. The maximum absolute atomic E-state index is 10.8. The van der Waals surface area contributed by atoms with Crippen molar-refractivity contribution in [1.29, 1.82) is 0 Å². The van der Waals surface area contributed by atoms with Crippen LogP contribution < -0.4 is 0 Å². The molecule has 0 saturated heterocycles. The zero-order chi connectivity index (χ0) is 12.5. The third-order valence-corrected chi connectivity index (χ3v) is 2.91. The third kappa shape index (κ3) is 5.02. The van der Waals surface area contributed by atoms with Crippen LogP contribution in [0.3, 0.4) is 0 Å². The highest BCUT2D eigenvalue weighted by Crippen LogP contribution is 2.08. The van der Waals surface area contributed by atoms with Crippen LogP contribution in [-0.4, -0.2) is 20.6 Å². The fraction of sp³-hybridized carbons (Fsp3) is 0.692. The first-order chi connectivity index (χ1) is 8.25. The summed E-state index contributed by atoms with van der Waals surface area (Å²) in [4.78, 5) is 14.6. The molecule has 1 N–H and O–H groups in total. The molecule has 0 bridgehead atoms.